The average Bonchev–Trinajstić information content (AvgIpc) is 3.25. The summed E-state index contributed by atoms with van der Waals surface area (Å²) in [6.07, 6.45) is 4.60. The van der Waals surface area contributed by atoms with E-state index in [-0.39, 0.29) is 5.91 Å². The van der Waals surface area contributed by atoms with E-state index in [1.165, 1.54) is 0 Å². The van der Waals surface area contributed by atoms with E-state index in [0.717, 1.165) is 43.7 Å². The molecule has 1 atom stereocenters. The Morgan fingerprint density at radius 1 is 1.38 bits per heavy atom. The maximum atomic E-state index is 13.1. The molecule has 1 amide bonds. The van der Waals surface area contributed by atoms with Gasteiger partial charge in [-0.15, -0.1) is 0 Å². The van der Waals surface area contributed by atoms with Crippen LogP contribution >= 0.6 is 0 Å². The first kappa shape index (κ1) is 17.3. The Balaban J connectivity index is 1.53. The third-order valence-corrected chi connectivity index (χ3v) is 5.14. The van der Waals surface area contributed by atoms with Crippen molar-refractivity contribution >= 4 is 5.91 Å². The van der Waals surface area contributed by atoms with Gasteiger partial charge in [-0.3, -0.25) is 9.48 Å². The van der Waals surface area contributed by atoms with Crippen molar-refractivity contribution in [3.05, 3.63) is 41.5 Å². The molecule has 0 bridgehead atoms. The summed E-state index contributed by atoms with van der Waals surface area (Å²) in [6.45, 7) is 2.58. The number of aryl methyl sites for hydroxylation is 1. The molecule has 1 aliphatic carbocycles. The van der Waals surface area contributed by atoms with Crippen LogP contribution in [0.25, 0.3) is 0 Å². The van der Waals surface area contributed by atoms with Crippen molar-refractivity contribution < 1.29 is 9.90 Å². The van der Waals surface area contributed by atoms with Crippen LogP contribution in [-0.2, 0) is 13.1 Å². The SMILES string of the molecule is CN(C)CC(O)c1cc2n(n1)CCCN(C(=O)c1cccn1C1CC1)C2. The molecule has 2 aromatic rings. The highest BCUT2D eigenvalue weighted by Gasteiger charge is 2.29. The zero-order chi connectivity index (χ0) is 18.3. The molecule has 140 valence electrons. The molecule has 3 heterocycles. The van der Waals surface area contributed by atoms with Gasteiger partial charge >= 0.3 is 0 Å². The van der Waals surface area contributed by atoms with E-state index in [1.807, 2.05) is 53.0 Å². The Kier molecular flexibility index (Phi) is 4.58. The molecule has 0 saturated heterocycles. The van der Waals surface area contributed by atoms with E-state index in [9.17, 15) is 9.90 Å². The molecule has 7 heteroatoms. The summed E-state index contributed by atoms with van der Waals surface area (Å²) < 4.78 is 4.07. The number of hydrogen-bond acceptors (Lipinski definition) is 4. The van der Waals surface area contributed by atoms with Gasteiger partial charge in [0.2, 0.25) is 0 Å². The van der Waals surface area contributed by atoms with Gasteiger partial charge in [0.25, 0.3) is 5.91 Å². The summed E-state index contributed by atoms with van der Waals surface area (Å²) in [5.41, 5.74) is 2.46. The lowest BCUT2D eigenvalue weighted by Crippen LogP contribution is -2.32. The average molecular weight is 357 g/mol. The van der Waals surface area contributed by atoms with Gasteiger partial charge in [0.15, 0.2) is 0 Å². The number of carbonyl (C=O) groups is 1. The first-order chi connectivity index (χ1) is 12.5. The van der Waals surface area contributed by atoms with Gasteiger partial charge in [0.1, 0.15) is 11.8 Å². The van der Waals surface area contributed by atoms with Crippen molar-refractivity contribution in [3.63, 3.8) is 0 Å². The standard InChI is InChI=1S/C19H27N5O2/c1-21(2)13-18(25)16-11-15-12-22(8-4-10-24(15)20-16)19(26)17-5-3-9-23(17)14-6-7-14/h3,5,9,11,14,18,25H,4,6-8,10,12-13H2,1-2H3. The summed E-state index contributed by atoms with van der Waals surface area (Å²) in [5.74, 6) is 0.0898. The number of nitrogens with zero attached hydrogens (tertiary/aromatic N) is 5. The molecular formula is C19H27N5O2. The highest BCUT2D eigenvalue weighted by Crippen LogP contribution is 2.36. The van der Waals surface area contributed by atoms with Crippen LogP contribution in [0.3, 0.4) is 0 Å². The van der Waals surface area contributed by atoms with Crippen LogP contribution in [0.2, 0.25) is 0 Å². The minimum atomic E-state index is -0.610. The van der Waals surface area contributed by atoms with Crippen molar-refractivity contribution in [2.45, 2.75) is 44.5 Å². The predicted octanol–water partition coefficient (Wildman–Crippen LogP) is 1.66. The lowest BCUT2D eigenvalue weighted by atomic mass is 10.2. The van der Waals surface area contributed by atoms with Gasteiger partial charge in [0, 0.05) is 31.9 Å². The Bertz CT molecular complexity index is 790. The van der Waals surface area contributed by atoms with Crippen molar-refractivity contribution in [2.24, 2.45) is 0 Å². The monoisotopic (exact) mass is 357 g/mol. The molecular weight excluding hydrogens is 330 g/mol. The maximum absolute atomic E-state index is 13.1. The smallest absolute Gasteiger partial charge is 0.270 e. The number of likely N-dealkylation sites (N-methyl/N-ethyl adjacent to an activating group) is 1. The number of hydrogen-bond donors (Lipinski definition) is 1. The first-order valence-corrected chi connectivity index (χ1v) is 9.38. The Hall–Kier alpha value is -2.12. The quantitative estimate of drug-likeness (QED) is 0.884. The fraction of sp³-hybridized carbons (Fsp3) is 0.579. The lowest BCUT2D eigenvalue weighted by molar-refractivity contribution is 0.0734. The summed E-state index contributed by atoms with van der Waals surface area (Å²) in [4.78, 5) is 16.9. The van der Waals surface area contributed by atoms with Crippen LogP contribution < -0.4 is 0 Å². The largest absolute Gasteiger partial charge is 0.385 e. The van der Waals surface area contributed by atoms with Gasteiger partial charge in [-0.1, -0.05) is 0 Å². The number of aliphatic hydroxyl groups is 1. The molecule has 0 radical (unpaired) electrons. The van der Waals surface area contributed by atoms with Crippen LogP contribution in [-0.4, -0.2) is 62.3 Å². The van der Waals surface area contributed by atoms with Crippen molar-refractivity contribution in [3.8, 4) is 0 Å². The fourth-order valence-corrected chi connectivity index (χ4v) is 3.67. The van der Waals surface area contributed by atoms with Gasteiger partial charge in [-0.25, -0.2) is 0 Å². The normalized spacial score (nSPS) is 18.7. The molecule has 2 aliphatic rings. The van der Waals surface area contributed by atoms with E-state index in [1.54, 1.807) is 0 Å². The topological polar surface area (TPSA) is 66.5 Å². The van der Waals surface area contributed by atoms with Crippen molar-refractivity contribution in [1.29, 1.82) is 0 Å². The van der Waals surface area contributed by atoms with Crippen molar-refractivity contribution in [1.82, 2.24) is 24.1 Å². The zero-order valence-electron chi connectivity index (χ0n) is 15.5. The number of fused-ring (bicyclic) bond motifs is 1. The second-order valence-corrected chi connectivity index (χ2v) is 7.67. The molecule has 1 saturated carbocycles. The Morgan fingerprint density at radius 2 is 2.19 bits per heavy atom. The van der Waals surface area contributed by atoms with Gasteiger partial charge in [-0.05, 0) is 51.6 Å². The Morgan fingerprint density at radius 3 is 2.92 bits per heavy atom. The molecule has 1 N–H and O–H groups in total. The third kappa shape index (κ3) is 3.41. The molecule has 7 nitrogen and oxygen atoms in total. The van der Waals surface area contributed by atoms with Crippen LogP contribution in [0.4, 0.5) is 0 Å². The molecule has 1 unspecified atom stereocenters. The van der Waals surface area contributed by atoms with Crippen LogP contribution in [0, 0.1) is 0 Å². The van der Waals surface area contributed by atoms with E-state index in [0.29, 0.717) is 24.8 Å². The number of amides is 1. The molecule has 1 aliphatic heterocycles. The number of rotatable bonds is 5. The van der Waals surface area contributed by atoms with E-state index in [2.05, 4.69) is 9.67 Å². The van der Waals surface area contributed by atoms with Crippen LogP contribution in [0.5, 0.6) is 0 Å². The molecule has 0 spiro atoms. The van der Waals surface area contributed by atoms with E-state index < -0.39 is 6.10 Å². The Labute approximate surface area is 153 Å². The van der Waals surface area contributed by atoms with E-state index in [4.69, 9.17) is 0 Å². The first-order valence-electron chi connectivity index (χ1n) is 9.38. The summed E-state index contributed by atoms with van der Waals surface area (Å²) in [5, 5.41) is 14.9. The van der Waals surface area contributed by atoms with Crippen molar-refractivity contribution in [2.75, 3.05) is 27.2 Å². The second-order valence-electron chi connectivity index (χ2n) is 7.67. The zero-order valence-corrected chi connectivity index (χ0v) is 15.5. The molecule has 2 aromatic heterocycles. The maximum Gasteiger partial charge on any atom is 0.270 e. The number of aliphatic hydroxyl groups excluding tert-OH is 1. The minimum absolute atomic E-state index is 0.0898. The molecule has 4 rings (SSSR count). The highest BCUT2D eigenvalue weighted by molar-refractivity contribution is 5.92. The highest BCUT2D eigenvalue weighted by atomic mass is 16.3. The third-order valence-electron chi connectivity index (χ3n) is 5.14. The summed E-state index contributed by atoms with van der Waals surface area (Å²) in [7, 11) is 3.86. The molecule has 0 aromatic carbocycles. The summed E-state index contributed by atoms with van der Waals surface area (Å²) >= 11 is 0. The fourth-order valence-electron chi connectivity index (χ4n) is 3.67. The lowest BCUT2D eigenvalue weighted by Gasteiger charge is -2.21. The molecule has 1 fully saturated rings. The molecule has 26 heavy (non-hydrogen) atoms. The minimum Gasteiger partial charge on any atom is -0.385 e. The van der Waals surface area contributed by atoms with E-state index >= 15 is 0 Å². The van der Waals surface area contributed by atoms with Crippen LogP contribution in [0.15, 0.2) is 24.4 Å². The van der Waals surface area contributed by atoms with Gasteiger partial charge in [-0.2, -0.15) is 5.10 Å². The predicted molar refractivity (Wildman–Crippen MR) is 97.8 cm³/mol. The number of aromatic nitrogens is 3. The van der Waals surface area contributed by atoms with Gasteiger partial charge in [0.05, 0.1) is 17.9 Å². The second kappa shape index (κ2) is 6.89. The van der Waals surface area contributed by atoms with Gasteiger partial charge < -0.3 is 19.5 Å². The summed E-state index contributed by atoms with van der Waals surface area (Å²) in [6, 6.07) is 6.33. The number of carbonyl (C=O) groups excluding carboxylic acids is 1. The van der Waals surface area contributed by atoms with Crippen LogP contribution in [0.1, 0.15) is 53.3 Å².